The molecule has 0 bridgehead atoms. The third kappa shape index (κ3) is 12.9. The van der Waals surface area contributed by atoms with Gasteiger partial charge in [-0.3, -0.25) is 0 Å². The SMILES string of the molecule is CCN(CC)c1ccc(/C=N/N=C/c2ccc3c(c2)c2ccccc2n3CC)c(OCC(O)CSc2nnc(SCC(O)COc3cc(N(CC)CC)ccc3/C=N/N=C/c3cccc4c3c3ccccc3n4CC)s2)c1. The highest BCUT2D eigenvalue weighted by Gasteiger charge is 2.17. The Morgan fingerprint density at radius 3 is 1.56 bits per heavy atom. The van der Waals surface area contributed by atoms with Crippen LogP contribution in [0.2, 0.25) is 0 Å². The largest absolute Gasteiger partial charge is 0.490 e. The van der Waals surface area contributed by atoms with Gasteiger partial charge in [0.2, 0.25) is 0 Å². The van der Waals surface area contributed by atoms with Crippen LogP contribution in [0.15, 0.2) is 150 Å². The van der Waals surface area contributed by atoms with Gasteiger partial charge in [-0.05, 0) is 102 Å². The third-order valence-electron chi connectivity index (χ3n) is 13.5. The molecule has 2 unspecified atom stereocenters. The highest BCUT2D eigenvalue weighted by atomic mass is 32.2. The standard InChI is InChI=1S/C60H66N10O4S3/c1-7-67(8-2)45-27-25-42(34-62-61-33-41-24-29-54-51(30-41)49-19-13-15-21-52(49)69(54)11-5)56(31-45)73-37-47(71)39-75-59-65-66-60(77-59)76-40-48(72)38-74-57-32-46(68(9-3)10-4)28-26-43(57)35-63-64-36-44-18-17-23-55-58(44)50-20-14-16-22-53(50)70(55)12-6/h13-36,47-48,71-72H,7-12,37-40H2,1-6H3/b61-33+,62-34+,63-35+,64-36+. The van der Waals surface area contributed by atoms with Crippen molar-refractivity contribution in [3.05, 3.63) is 144 Å². The predicted octanol–water partition coefficient (Wildman–Crippen LogP) is 12.5. The lowest BCUT2D eigenvalue weighted by Gasteiger charge is -2.22. The first-order valence-electron chi connectivity index (χ1n) is 26.4. The number of hydrogen-bond acceptors (Lipinski definition) is 15. The van der Waals surface area contributed by atoms with E-state index in [1.165, 1.54) is 73.1 Å². The van der Waals surface area contributed by atoms with E-state index in [1.807, 2.05) is 24.3 Å². The molecule has 0 spiro atoms. The molecule has 17 heteroatoms. The second kappa shape index (κ2) is 26.4. The summed E-state index contributed by atoms with van der Waals surface area (Å²) in [5, 5.41) is 53.5. The summed E-state index contributed by atoms with van der Waals surface area (Å²) in [5.41, 5.74) is 10.3. The van der Waals surface area contributed by atoms with Crippen molar-refractivity contribution in [2.75, 3.05) is 60.7 Å². The Kier molecular flexibility index (Phi) is 18.7. The molecule has 0 aliphatic rings. The van der Waals surface area contributed by atoms with Gasteiger partial charge in [0.1, 0.15) is 24.7 Å². The van der Waals surface area contributed by atoms with Crippen LogP contribution in [0.4, 0.5) is 11.4 Å². The van der Waals surface area contributed by atoms with E-state index >= 15 is 0 Å². The van der Waals surface area contributed by atoms with Crippen LogP contribution in [0.1, 0.15) is 63.8 Å². The zero-order valence-electron chi connectivity index (χ0n) is 44.5. The van der Waals surface area contributed by atoms with Crippen molar-refractivity contribution in [1.82, 2.24) is 19.3 Å². The molecule has 77 heavy (non-hydrogen) atoms. The smallest absolute Gasteiger partial charge is 0.175 e. The summed E-state index contributed by atoms with van der Waals surface area (Å²) < 4.78 is 18.7. The Balaban J connectivity index is 0.782. The summed E-state index contributed by atoms with van der Waals surface area (Å²) in [5.74, 6) is 1.92. The van der Waals surface area contributed by atoms with E-state index in [4.69, 9.17) is 9.47 Å². The maximum absolute atomic E-state index is 11.1. The van der Waals surface area contributed by atoms with Crippen LogP contribution >= 0.6 is 34.9 Å². The molecule has 0 saturated heterocycles. The summed E-state index contributed by atoms with van der Waals surface area (Å²) in [6.07, 6.45) is 5.38. The minimum Gasteiger partial charge on any atom is -0.490 e. The molecule has 0 radical (unpaired) electrons. The fourth-order valence-corrected chi connectivity index (χ4v) is 12.5. The molecule has 2 atom stereocenters. The summed E-state index contributed by atoms with van der Waals surface area (Å²) >= 11 is 4.25. The zero-order valence-corrected chi connectivity index (χ0v) is 46.9. The molecule has 0 aliphatic heterocycles. The van der Waals surface area contributed by atoms with Crippen LogP contribution < -0.4 is 19.3 Å². The number of nitrogens with zero attached hydrogens (tertiary/aromatic N) is 10. The number of fused-ring (bicyclic) bond motifs is 6. The average Bonchev–Trinajstić information content (AvgIpc) is 4.30. The first-order chi connectivity index (χ1) is 37.7. The predicted molar refractivity (Wildman–Crippen MR) is 325 cm³/mol. The van der Waals surface area contributed by atoms with E-state index in [1.54, 1.807) is 24.9 Å². The van der Waals surface area contributed by atoms with Crippen molar-refractivity contribution in [3.8, 4) is 11.5 Å². The van der Waals surface area contributed by atoms with Crippen molar-refractivity contribution < 1.29 is 19.7 Å². The second-order valence-corrected chi connectivity index (χ2v) is 21.7. The summed E-state index contributed by atoms with van der Waals surface area (Å²) in [4.78, 5) is 4.49. The van der Waals surface area contributed by atoms with Crippen molar-refractivity contribution in [2.45, 2.75) is 75.5 Å². The van der Waals surface area contributed by atoms with Gasteiger partial charge in [0.25, 0.3) is 0 Å². The molecular formula is C60H66N10O4S3. The number of anilines is 2. The topological polar surface area (TPSA) is 150 Å². The molecule has 3 aromatic heterocycles. The van der Waals surface area contributed by atoms with Gasteiger partial charge in [0.05, 0.1) is 37.1 Å². The number of aryl methyl sites for hydroxylation is 2. The Labute approximate surface area is 462 Å². The van der Waals surface area contributed by atoms with E-state index in [2.05, 4.69) is 188 Å². The summed E-state index contributed by atoms with van der Waals surface area (Å²) in [6.45, 7) is 18.1. The van der Waals surface area contributed by atoms with Gasteiger partial charge in [-0.25, -0.2) is 0 Å². The van der Waals surface area contributed by atoms with Gasteiger partial charge in [0, 0.05) is 135 Å². The maximum Gasteiger partial charge on any atom is 0.175 e. The highest BCUT2D eigenvalue weighted by molar-refractivity contribution is 8.03. The van der Waals surface area contributed by atoms with Crippen LogP contribution in [-0.2, 0) is 13.1 Å². The highest BCUT2D eigenvalue weighted by Crippen LogP contribution is 2.34. The second-order valence-electron chi connectivity index (χ2n) is 18.2. The number of ether oxygens (including phenoxy) is 2. The molecule has 9 rings (SSSR count). The zero-order chi connectivity index (χ0) is 53.7. The van der Waals surface area contributed by atoms with Gasteiger partial charge < -0.3 is 38.6 Å². The van der Waals surface area contributed by atoms with E-state index in [0.717, 1.165) is 78.3 Å². The van der Waals surface area contributed by atoms with Crippen LogP contribution in [-0.4, -0.2) is 118 Å². The number of benzene rings is 6. The van der Waals surface area contributed by atoms with Crippen LogP contribution in [0.5, 0.6) is 11.5 Å². The molecule has 9 aromatic rings. The minimum absolute atomic E-state index is 0.0662. The summed E-state index contributed by atoms with van der Waals surface area (Å²) in [7, 11) is 0. The number of hydrogen-bond donors (Lipinski definition) is 2. The van der Waals surface area contributed by atoms with E-state index in [-0.39, 0.29) is 13.2 Å². The Hall–Kier alpha value is -7.02. The molecule has 0 saturated carbocycles. The van der Waals surface area contributed by atoms with Gasteiger partial charge in [-0.15, -0.1) is 10.2 Å². The quantitative estimate of drug-likeness (QED) is 0.0305. The number of aliphatic hydroxyl groups is 2. The lowest BCUT2D eigenvalue weighted by atomic mass is 10.1. The Morgan fingerprint density at radius 2 is 1.00 bits per heavy atom. The molecule has 14 nitrogen and oxygen atoms in total. The van der Waals surface area contributed by atoms with Crippen molar-refractivity contribution >= 4 is 115 Å². The summed E-state index contributed by atoms with van der Waals surface area (Å²) in [6, 6.07) is 41.6. The van der Waals surface area contributed by atoms with Crippen molar-refractivity contribution in [3.63, 3.8) is 0 Å². The van der Waals surface area contributed by atoms with Crippen molar-refractivity contribution in [2.24, 2.45) is 20.4 Å². The van der Waals surface area contributed by atoms with Gasteiger partial charge in [0.15, 0.2) is 8.68 Å². The first-order valence-corrected chi connectivity index (χ1v) is 29.1. The molecule has 0 amide bonds. The maximum atomic E-state index is 11.1. The average molecular weight is 1090 g/mol. The van der Waals surface area contributed by atoms with Crippen molar-refractivity contribution in [1.29, 1.82) is 0 Å². The number of rotatable bonds is 26. The molecule has 0 aliphatic carbocycles. The number of para-hydroxylation sites is 2. The fraction of sp³-hybridized carbons (Fsp3) is 0.300. The lowest BCUT2D eigenvalue weighted by Crippen LogP contribution is -2.23. The molecule has 2 N–H and O–H groups in total. The molecule has 6 aromatic carbocycles. The number of aromatic nitrogens is 4. The van der Waals surface area contributed by atoms with Gasteiger partial charge >= 0.3 is 0 Å². The Bertz CT molecular complexity index is 3560. The first kappa shape index (κ1) is 54.8. The van der Waals surface area contributed by atoms with Gasteiger partial charge in [-0.2, -0.15) is 20.4 Å². The Morgan fingerprint density at radius 1 is 0.519 bits per heavy atom. The number of aliphatic hydroxyl groups excluding tert-OH is 2. The van der Waals surface area contributed by atoms with E-state index in [0.29, 0.717) is 31.7 Å². The number of thioether (sulfide) groups is 2. The van der Waals surface area contributed by atoms with Crippen LogP contribution in [0, 0.1) is 0 Å². The molecule has 0 fully saturated rings. The monoisotopic (exact) mass is 1090 g/mol. The molecule has 398 valence electrons. The van der Waals surface area contributed by atoms with Gasteiger partial charge in [-0.1, -0.05) is 89.5 Å². The minimum atomic E-state index is -0.790. The molecular weight excluding hydrogens is 1020 g/mol. The molecule has 3 heterocycles. The normalized spacial score (nSPS) is 13.0. The lowest BCUT2D eigenvalue weighted by molar-refractivity contribution is 0.126. The van der Waals surface area contributed by atoms with E-state index in [9.17, 15) is 10.2 Å². The fourth-order valence-electron chi connectivity index (χ4n) is 9.65. The van der Waals surface area contributed by atoms with E-state index < -0.39 is 12.2 Å². The third-order valence-corrected chi connectivity index (χ3v) is 17.0. The van der Waals surface area contributed by atoms with Crippen LogP contribution in [0.3, 0.4) is 0 Å². The van der Waals surface area contributed by atoms with Crippen LogP contribution in [0.25, 0.3) is 43.6 Å².